The Bertz CT molecular complexity index is 497. The molecule has 0 heterocycles. The fraction of sp³-hybridized carbons (Fsp3) is 0.625. The van der Waals surface area contributed by atoms with E-state index in [2.05, 4.69) is 18.6 Å². The average Bonchev–Trinajstić information content (AvgIpc) is 2.48. The summed E-state index contributed by atoms with van der Waals surface area (Å²) in [6.45, 7) is 4.24. The Kier molecular flexibility index (Phi) is 4.24. The number of para-hydroxylation sites is 1. The highest BCUT2D eigenvalue weighted by molar-refractivity contribution is 5.38. The average molecular weight is 302 g/mol. The first-order valence-electron chi connectivity index (χ1n) is 7.19. The number of benzene rings is 1. The molecule has 118 valence electrons. The number of rotatable bonds is 2. The lowest BCUT2D eigenvalue weighted by Crippen LogP contribution is -2.28. The van der Waals surface area contributed by atoms with Crippen molar-refractivity contribution < 1.29 is 23.0 Å². The van der Waals surface area contributed by atoms with Crippen molar-refractivity contribution in [2.24, 2.45) is 5.41 Å². The van der Waals surface area contributed by atoms with Gasteiger partial charge < -0.3 is 9.84 Å². The first-order valence-corrected chi connectivity index (χ1v) is 7.19. The number of hydrogen-bond donors (Lipinski definition) is 1. The third-order valence-electron chi connectivity index (χ3n) is 4.27. The van der Waals surface area contributed by atoms with E-state index >= 15 is 0 Å². The molecular formula is C16H21F3O2. The summed E-state index contributed by atoms with van der Waals surface area (Å²) in [5.74, 6) is -0.299. The van der Waals surface area contributed by atoms with Crippen molar-refractivity contribution in [2.45, 2.75) is 57.9 Å². The second kappa shape index (κ2) is 5.52. The van der Waals surface area contributed by atoms with Crippen LogP contribution in [0.1, 0.15) is 51.5 Å². The molecule has 1 aromatic rings. The van der Waals surface area contributed by atoms with Gasteiger partial charge in [-0.1, -0.05) is 32.0 Å². The van der Waals surface area contributed by atoms with E-state index in [0.717, 1.165) is 19.3 Å². The summed E-state index contributed by atoms with van der Waals surface area (Å²) < 4.78 is 41.6. The molecule has 0 bridgehead atoms. The van der Waals surface area contributed by atoms with Gasteiger partial charge in [-0.2, -0.15) is 0 Å². The van der Waals surface area contributed by atoms with Crippen LogP contribution >= 0.6 is 0 Å². The van der Waals surface area contributed by atoms with Gasteiger partial charge in [0.05, 0.1) is 5.60 Å². The minimum absolute atomic E-state index is 0.101. The van der Waals surface area contributed by atoms with E-state index in [-0.39, 0.29) is 16.7 Å². The Balaban J connectivity index is 2.32. The Morgan fingerprint density at radius 3 is 2.38 bits per heavy atom. The third kappa shape index (κ3) is 4.13. The van der Waals surface area contributed by atoms with Crippen molar-refractivity contribution >= 4 is 0 Å². The predicted molar refractivity (Wildman–Crippen MR) is 73.9 cm³/mol. The zero-order chi connectivity index (χ0) is 15.7. The SMILES string of the molecule is CC1(C)CCCC(O)(c2ccccc2OC(F)(F)F)CC1. The Labute approximate surface area is 122 Å². The van der Waals surface area contributed by atoms with Crippen molar-refractivity contribution in [1.29, 1.82) is 0 Å². The first kappa shape index (κ1) is 16.1. The molecule has 0 spiro atoms. The zero-order valence-corrected chi connectivity index (χ0v) is 12.3. The monoisotopic (exact) mass is 302 g/mol. The highest BCUT2D eigenvalue weighted by atomic mass is 19.4. The molecule has 0 radical (unpaired) electrons. The lowest BCUT2D eigenvalue weighted by Gasteiger charge is -2.30. The van der Waals surface area contributed by atoms with Crippen LogP contribution in [0.2, 0.25) is 0 Å². The molecule has 1 unspecified atom stereocenters. The van der Waals surface area contributed by atoms with Gasteiger partial charge in [0, 0.05) is 5.56 Å². The molecule has 0 amide bonds. The summed E-state index contributed by atoms with van der Waals surface area (Å²) in [7, 11) is 0. The van der Waals surface area contributed by atoms with Crippen LogP contribution < -0.4 is 4.74 Å². The lowest BCUT2D eigenvalue weighted by molar-refractivity contribution is -0.275. The zero-order valence-electron chi connectivity index (χ0n) is 12.3. The van der Waals surface area contributed by atoms with Gasteiger partial charge in [0.2, 0.25) is 0 Å². The van der Waals surface area contributed by atoms with Crippen molar-refractivity contribution in [3.05, 3.63) is 29.8 Å². The third-order valence-corrected chi connectivity index (χ3v) is 4.27. The summed E-state index contributed by atoms with van der Waals surface area (Å²) in [5, 5.41) is 10.9. The number of ether oxygens (including phenoxy) is 1. The fourth-order valence-electron chi connectivity index (χ4n) is 2.99. The normalized spacial score (nSPS) is 26.2. The van der Waals surface area contributed by atoms with E-state index in [4.69, 9.17) is 0 Å². The highest BCUT2D eigenvalue weighted by Gasteiger charge is 2.39. The van der Waals surface area contributed by atoms with Crippen molar-refractivity contribution in [1.82, 2.24) is 0 Å². The van der Waals surface area contributed by atoms with Gasteiger partial charge in [-0.25, -0.2) is 0 Å². The number of hydrogen-bond acceptors (Lipinski definition) is 2. The second-order valence-corrected chi connectivity index (χ2v) is 6.59. The van der Waals surface area contributed by atoms with Crippen LogP contribution in [0.15, 0.2) is 24.3 Å². The molecule has 1 saturated carbocycles. The fourth-order valence-corrected chi connectivity index (χ4v) is 2.99. The van der Waals surface area contributed by atoms with E-state index in [1.807, 2.05) is 0 Å². The molecule has 1 N–H and O–H groups in total. The van der Waals surface area contributed by atoms with E-state index in [1.165, 1.54) is 18.2 Å². The molecule has 0 aliphatic heterocycles. The summed E-state index contributed by atoms with van der Waals surface area (Å²) in [6, 6.07) is 5.90. The number of alkyl halides is 3. The Morgan fingerprint density at radius 1 is 1.05 bits per heavy atom. The maximum atomic E-state index is 12.5. The van der Waals surface area contributed by atoms with Crippen LogP contribution in [0.25, 0.3) is 0 Å². The molecule has 1 aliphatic carbocycles. The molecule has 2 rings (SSSR count). The van der Waals surface area contributed by atoms with Crippen LogP contribution in [0.5, 0.6) is 5.75 Å². The van der Waals surface area contributed by atoms with Crippen LogP contribution in [0, 0.1) is 5.41 Å². The van der Waals surface area contributed by atoms with Crippen LogP contribution in [-0.2, 0) is 5.60 Å². The van der Waals surface area contributed by atoms with Crippen LogP contribution in [0.3, 0.4) is 0 Å². The molecule has 2 nitrogen and oxygen atoms in total. The number of aliphatic hydroxyl groups is 1. The van der Waals surface area contributed by atoms with Gasteiger partial charge in [0.15, 0.2) is 0 Å². The summed E-state index contributed by atoms with van der Waals surface area (Å²) in [5.41, 5.74) is -0.917. The van der Waals surface area contributed by atoms with E-state index in [0.29, 0.717) is 12.8 Å². The van der Waals surface area contributed by atoms with E-state index < -0.39 is 12.0 Å². The molecule has 0 aromatic heterocycles. The van der Waals surface area contributed by atoms with Gasteiger partial charge in [0.25, 0.3) is 0 Å². The van der Waals surface area contributed by atoms with Gasteiger partial charge in [-0.3, -0.25) is 0 Å². The molecule has 21 heavy (non-hydrogen) atoms. The van der Waals surface area contributed by atoms with Crippen molar-refractivity contribution in [3.63, 3.8) is 0 Å². The molecule has 1 aliphatic rings. The van der Waals surface area contributed by atoms with Crippen molar-refractivity contribution in [2.75, 3.05) is 0 Å². The molecule has 1 atom stereocenters. The van der Waals surface area contributed by atoms with Crippen LogP contribution in [-0.4, -0.2) is 11.5 Å². The lowest BCUT2D eigenvalue weighted by atomic mass is 9.82. The molecule has 1 fully saturated rings. The highest BCUT2D eigenvalue weighted by Crippen LogP contribution is 2.45. The van der Waals surface area contributed by atoms with Crippen molar-refractivity contribution in [3.8, 4) is 5.75 Å². The Hall–Kier alpha value is -1.23. The predicted octanol–water partition coefficient (Wildman–Crippen LogP) is 4.76. The topological polar surface area (TPSA) is 29.5 Å². The van der Waals surface area contributed by atoms with Gasteiger partial charge in [0.1, 0.15) is 5.75 Å². The largest absolute Gasteiger partial charge is 0.573 e. The quantitative estimate of drug-likeness (QED) is 0.798. The van der Waals surface area contributed by atoms with Gasteiger partial charge in [-0.15, -0.1) is 13.2 Å². The maximum Gasteiger partial charge on any atom is 0.573 e. The smallest absolute Gasteiger partial charge is 0.405 e. The molecule has 0 saturated heterocycles. The van der Waals surface area contributed by atoms with Crippen LogP contribution in [0.4, 0.5) is 13.2 Å². The first-order chi connectivity index (χ1) is 9.61. The number of halogens is 3. The molecule has 1 aromatic carbocycles. The van der Waals surface area contributed by atoms with Gasteiger partial charge in [-0.05, 0) is 43.6 Å². The van der Waals surface area contributed by atoms with Gasteiger partial charge >= 0.3 is 6.36 Å². The summed E-state index contributed by atoms with van der Waals surface area (Å²) in [6.07, 6.45) is -1.35. The van der Waals surface area contributed by atoms with E-state index in [9.17, 15) is 18.3 Å². The molecule has 5 heteroatoms. The molecular weight excluding hydrogens is 281 g/mol. The minimum atomic E-state index is -4.75. The Morgan fingerprint density at radius 2 is 1.71 bits per heavy atom. The second-order valence-electron chi connectivity index (χ2n) is 6.59. The summed E-state index contributed by atoms with van der Waals surface area (Å²) in [4.78, 5) is 0. The maximum absolute atomic E-state index is 12.5. The summed E-state index contributed by atoms with van der Waals surface area (Å²) >= 11 is 0. The minimum Gasteiger partial charge on any atom is -0.405 e. The van der Waals surface area contributed by atoms with E-state index in [1.54, 1.807) is 6.07 Å². The standard InChI is InChI=1S/C16H21F3O2/c1-14(2)8-5-9-15(20,11-10-14)12-6-3-4-7-13(12)21-16(17,18)19/h3-4,6-7,20H,5,8-11H2,1-2H3.